The van der Waals surface area contributed by atoms with Crippen LogP contribution in [0, 0.1) is 0 Å². The molecule has 3 aromatic rings. The summed E-state index contributed by atoms with van der Waals surface area (Å²) in [5.74, 6) is 0.270. The van der Waals surface area contributed by atoms with E-state index < -0.39 is 0 Å². The number of amides is 1. The molecule has 1 aliphatic rings. The van der Waals surface area contributed by atoms with Crippen molar-refractivity contribution in [1.29, 1.82) is 0 Å². The Hall–Kier alpha value is -2.72. The number of carbonyl (C=O) groups excluding carboxylic acids is 2. The fourth-order valence-corrected chi connectivity index (χ4v) is 5.67. The molecule has 162 valence electrons. The Morgan fingerprint density at radius 3 is 2.87 bits per heavy atom. The third-order valence-corrected chi connectivity index (χ3v) is 7.09. The summed E-state index contributed by atoms with van der Waals surface area (Å²) >= 11 is 2.79. The minimum atomic E-state index is -0.365. The molecule has 0 aromatic carbocycles. The number of esters is 1. The van der Waals surface area contributed by atoms with Crippen LogP contribution in [0.5, 0.6) is 0 Å². The number of fused-ring (bicyclic) bond motifs is 1. The van der Waals surface area contributed by atoms with Gasteiger partial charge in [-0.25, -0.2) is 4.79 Å². The lowest BCUT2D eigenvalue weighted by Crippen LogP contribution is -2.17. The third kappa shape index (κ3) is 4.49. The molecule has 0 bridgehead atoms. The number of hydrogen-bond acceptors (Lipinski definition) is 8. The molecule has 0 atom stereocenters. The van der Waals surface area contributed by atoms with E-state index in [9.17, 15) is 9.59 Å². The van der Waals surface area contributed by atoms with Gasteiger partial charge in [-0.15, -0.1) is 21.5 Å². The lowest BCUT2D eigenvalue weighted by molar-refractivity contribution is -0.113. The monoisotopic (exact) mass is 457 g/mol. The number of rotatable bonds is 8. The van der Waals surface area contributed by atoms with E-state index in [1.54, 1.807) is 13.1 Å². The van der Waals surface area contributed by atoms with Crippen LogP contribution in [-0.4, -0.2) is 44.0 Å². The van der Waals surface area contributed by atoms with Crippen molar-refractivity contribution in [3.8, 4) is 11.5 Å². The van der Waals surface area contributed by atoms with Crippen LogP contribution in [0.2, 0.25) is 0 Å². The second-order valence-electron chi connectivity index (χ2n) is 6.88. The molecule has 3 aromatic heterocycles. The van der Waals surface area contributed by atoms with E-state index in [1.165, 1.54) is 23.1 Å². The number of thioether (sulfide) groups is 1. The van der Waals surface area contributed by atoms with E-state index in [-0.39, 0.29) is 17.6 Å². The Morgan fingerprint density at radius 2 is 2.13 bits per heavy atom. The van der Waals surface area contributed by atoms with Crippen molar-refractivity contribution in [2.24, 2.45) is 0 Å². The summed E-state index contributed by atoms with van der Waals surface area (Å²) in [5, 5.41) is 12.6. The average molecular weight is 458 g/mol. The van der Waals surface area contributed by atoms with E-state index in [4.69, 9.17) is 4.74 Å². The zero-order valence-corrected chi connectivity index (χ0v) is 19.0. The minimum Gasteiger partial charge on any atom is -0.462 e. The van der Waals surface area contributed by atoms with Gasteiger partial charge in [-0.05, 0) is 50.8 Å². The number of nitrogens with one attached hydrogen (secondary N) is 1. The Balaban J connectivity index is 1.46. The standard InChI is InChI=1S/C21H23N5O3S2/c1-3-26-18(14-9-5-6-11-22-14)24-25-21(26)30-12-16(27)23-19-17(20(28)29-4-2)13-8-7-10-15(13)31-19/h5-6,9,11H,3-4,7-8,10,12H2,1-2H3,(H,23,27). The average Bonchev–Trinajstić information content (AvgIpc) is 3.47. The lowest BCUT2D eigenvalue weighted by Gasteiger charge is -2.09. The van der Waals surface area contributed by atoms with Crippen molar-refractivity contribution in [2.75, 3.05) is 17.7 Å². The molecule has 0 saturated carbocycles. The summed E-state index contributed by atoms with van der Waals surface area (Å²) < 4.78 is 7.16. The highest BCUT2D eigenvalue weighted by Gasteiger charge is 2.28. The molecule has 0 fully saturated rings. The van der Waals surface area contributed by atoms with E-state index in [2.05, 4.69) is 20.5 Å². The maximum Gasteiger partial charge on any atom is 0.341 e. The summed E-state index contributed by atoms with van der Waals surface area (Å²) in [6.07, 6.45) is 4.53. The number of aryl methyl sites for hydroxylation is 1. The van der Waals surface area contributed by atoms with Crippen molar-refractivity contribution in [3.05, 3.63) is 40.4 Å². The molecule has 0 saturated heterocycles. The van der Waals surface area contributed by atoms with Crippen LogP contribution >= 0.6 is 23.1 Å². The third-order valence-electron chi connectivity index (χ3n) is 4.91. The van der Waals surface area contributed by atoms with Crippen molar-refractivity contribution in [2.45, 2.75) is 44.8 Å². The molecule has 1 N–H and O–H groups in total. The first-order valence-corrected chi connectivity index (χ1v) is 12.0. The molecule has 31 heavy (non-hydrogen) atoms. The SMILES string of the molecule is CCOC(=O)c1c(NC(=O)CSc2nnc(-c3ccccn3)n2CC)sc2c1CCC2. The van der Waals surface area contributed by atoms with Gasteiger partial charge in [-0.2, -0.15) is 0 Å². The van der Waals surface area contributed by atoms with Gasteiger partial charge in [0.05, 0.1) is 17.9 Å². The van der Waals surface area contributed by atoms with Crippen molar-refractivity contribution >= 4 is 40.0 Å². The molecular weight excluding hydrogens is 434 g/mol. The van der Waals surface area contributed by atoms with Gasteiger partial charge in [0.15, 0.2) is 11.0 Å². The molecule has 0 aliphatic heterocycles. The highest BCUT2D eigenvalue weighted by atomic mass is 32.2. The quantitative estimate of drug-likeness (QED) is 0.405. The molecule has 1 amide bonds. The first kappa shape index (κ1) is 21.5. The number of hydrogen-bond donors (Lipinski definition) is 1. The van der Waals surface area contributed by atoms with Crippen LogP contribution in [0.4, 0.5) is 5.00 Å². The smallest absolute Gasteiger partial charge is 0.341 e. The topological polar surface area (TPSA) is 99.0 Å². The van der Waals surface area contributed by atoms with Gasteiger partial charge in [0.1, 0.15) is 10.7 Å². The fraction of sp³-hybridized carbons (Fsp3) is 0.381. The number of carbonyl (C=O) groups is 2. The number of ether oxygens (including phenoxy) is 1. The highest BCUT2D eigenvalue weighted by Crippen LogP contribution is 2.39. The van der Waals surface area contributed by atoms with Crippen LogP contribution in [0.1, 0.15) is 41.1 Å². The first-order valence-electron chi connectivity index (χ1n) is 10.2. The van der Waals surface area contributed by atoms with Gasteiger partial charge in [0.2, 0.25) is 5.91 Å². The molecule has 1 aliphatic carbocycles. The zero-order valence-electron chi connectivity index (χ0n) is 17.4. The predicted molar refractivity (Wildman–Crippen MR) is 121 cm³/mol. The van der Waals surface area contributed by atoms with E-state index in [1.807, 2.05) is 29.7 Å². The minimum absolute atomic E-state index is 0.158. The Labute approximate surface area is 188 Å². The van der Waals surface area contributed by atoms with Crippen LogP contribution in [0.3, 0.4) is 0 Å². The zero-order chi connectivity index (χ0) is 21.8. The molecule has 0 unspecified atom stereocenters. The summed E-state index contributed by atoms with van der Waals surface area (Å²) in [4.78, 5) is 30.6. The van der Waals surface area contributed by atoms with Gasteiger partial charge >= 0.3 is 5.97 Å². The second kappa shape index (κ2) is 9.61. The number of nitrogens with zero attached hydrogens (tertiary/aromatic N) is 4. The van der Waals surface area contributed by atoms with E-state index in [0.717, 1.165) is 35.4 Å². The molecule has 4 rings (SSSR count). The Kier molecular flexibility index (Phi) is 6.67. The molecule has 8 nitrogen and oxygen atoms in total. The fourth-order valence-electron chi connectivity index (χ4n) is 3.57. The van der Waals surface area contributed by atoms with Gasteiger partial charge in [0.25, 0.3) is 0 Å². The van der Waals surface area contributed by atoms with Crippen molar-refractivity contribution in [1.82, 2.24) is 19.7 Å². The lowest BCUT2D eigenvalue weighted by atomic mass is 10.1. The summed E-state index contributed by atoms with van der Waals surface area (Å²) in [7, 11) is 0. The van der Waals surface area contributed by atoms with Crippen LogP contribution in [0.25, 0.3) is 11.5 Å². The maximum atomic E-state index is 12.7. The van der Waals surface area contributed by atoms with Gasteiger partial charge in [-0.3, -0.25) is 9.78 Å². The van der Waals surface area contributed by atoms with Gasteiger partial charge < -0.3 is 14.6 Å². The van der Waals surface area contributed by atoms with Crippen LogP contribution in [0.15, 0.2) is 29.6 Å². The van der Waals surface area contributed by atoms with E-state index >= 15 is 0 Å². The summed E-state index contributed by atoms with van der Waals surface area (Å²) in [6.45, 7) is 4.74. The normalized spacial score (nSPS) is 12.6. The van der Waals surface area contributed by atoms with Gasteiger partial charge in [0, 0.05) is 17.6 Å². The molecule has 3 heterocycles. The first-order chi connectivity index (χ1) is 15.1. The highest BCUT2D eigenvalue weighted by molar-refractivity contribution is 7.99. The molecular formula is C21H23N5O3S2. The maximum absolute atomic E-state index is 12.7. The second-order valence-corrected chi connectivity index (χ2v) is 8.93. The number of pyridine rings is 1. The van der Waals surface area contributed by atoms with Crippen LogP contribution < -0.4 is 5.32 Å². The van der Waals surface area contributed by atoms with Gasteiger partial charge in [-0.1, -0.05) is 17.8 Å². The molecule has 10 heteroatoms. The Bertz CT molecular complexity index is 1090. The number of anilines is 1. The van der Waals surface area contributed by atoms with Crippen molar-refractivity contribution in [3.63, 3.8) is 0 Å². The van der Waals surface area contributed by atoms with Crippen LogP contribution in [-0.2, 0) is 28.9 Å². The molecule has 0 radical (unpaired) electrons. The van der Waals surface area contributed by atoms with Crippen molar-refractivity contribution < 1.29 is 14.3 Å². The Morgan fingerprint density at radius 1 is 1.26 bits per heavy atom. The van der Waals surface area contributed by atoms with E-state index in [0.29, 0.717) is 34.7 Å². The summed E-state index contributed by atoms with van der Waals surface area (Å²) in [5.41, 5.74) is 2.28. The molecule has 0 spiro atoms. The summed E-state index contributed by atoms with van der Waals surface area (Å²) in [6, 6.07) is 5.63. The predicted octanol–water partition coefficient (Wildman–Crippen LogP) is 3.82. The number of aromatic nitrogens is 4. The largest absolute Gasteiger partial charge is 0.462 e. The number of thiophene rings is 1.